The Kier molecular flexibility index (Phi) is 9.99. The Bertz CT molecular complexity index is 1200. The van der Waals surface area contributed by atoms with E-state index in [1.165, 1.54) is 0 Å². The molecule has 3 aliphatic heterocycles. The molecular formula is C34H49N3O5. The standard InChI is InChI=1S/C34H49N3O5/c1-7-18-35(19-8-2)30(39)27-28-31(40)37(21-12-10-11-13-22-38)29(34(28)17-16-33(27,6)42-34)32(41)36(20-9-3)26-23-24(4)14-15-25(26)5/h7,9,14-15,23,27-29,38H,1,3,8,10-13,16-22H2,2,4-6H3/t27-,28+,29?,33+,34?/m1/s1. The molecule has 5 atom stereocenters. The first-order valence-electron chi connectivity index (χ1n) is 15.6. The Morgan fingerprint density at radius 1 is 1.10 bits per heavy atom. The van der Waals surface area contributed by atoms with Gasteiger partial charge in [0.25, 0.3) is 5.91 Å². The van der Waals surface area contributed by atoms with Crippen molar-refractivity contribution in [1.29, 1.82) is 0 Å². The topological polar surface area (TPSA) is 90.4 Å². The molecule has 0 aromatic heterocycles. The van der Waals surface area contributed by atoms with Gasteiger partial charge < -0.3 is 24.5 Å². The van der Waals surface area contributed by atoms with Crippen LogP contribution in [0.25, 0.3) is 0 Å². The zero-order valence-corrected chi connectivity index (χ0v) is 25.9. The van der Waals surface area contributed by atoms with E-state index in [0.717, 1.165) is 36.1 Å². The van der Waals surface area contributed by atoms with Crippen molar-refractivity contribution in [3.63, 3.8) is 0 Å². The highest BCUT2D eigenvalue weighted by molar-refractivity contribution is 6.05. The second-order valence-corrected chi connectivity index (χ2v) is 12.5. The number of nitrogens with zero attached hydrogens (tertiary/aromatic N) is 3. The van der Waals surface area contributed by atoms with Crippen LogP contribution in [0, 0.1) is 25.7 Å². The number of amides is 3. The molecule has 1 aromatic rings. The van der Waals surface area contributed by atoms with Crippen LogP contribution in [0.3, 0.4) is 0 Å². The summed E-state index contributed by atoms with van der Waals surface area (Å²) in [5, 5.41) is 9.22. The Morgan fingerprint density at radius 2 is 1.81 bits per heavy atom. The van der Waals surface area contributed by atoms with Gasteiger partial charge in [0.05, 0.1) is 17.4 Å². The molecule has 42 heavy (non-hydrogen) atoms. The molecule has 2 bridgehead atoms. The van der Waals surface area contributed by atoms with E-state index < -0.39 is 29.1 Å². The highest BCUT2D eigenvalue weighted by atomic mass is 16.5. The predicted octanol–water partition coefficient (Wildman–Crippen LogP) is 4.56. The molecule has 8 heteroatoms. The van der Waals surface area contributed by atoms with E-state index in [1.807, 2.05) is 45.9 Å². The third-order valence-electron chi connectivity index (χ3n) is 9.47. The monoisotopic (exact) mass is 579 g/mol. The summed E-state index contributed by atoms with van der Waals surface area (Å²) in [6.07, 6.45) is 8.48. The Balaban J connectivity index is 1.78. The molecule has 0 radical (unpaired) electrons. The average Bonchev–Trinajstić information content (AvgIpc) is 3.53. The lowest BCUT2D eigenvalue weighted by Gasteiger charge is -2.37. The number of rotatable bonds is 15. The maximum Gasteiger partial charge on any atom is 0.253 e. The van der Waals surface area contributed by atoms with Crippen molar-refractivity contribution in [2.75, 3.05) is 37.7 Å². The summed E-state index contributed by atoms with van der Waals surface area (Å²) in [4.78, 5) is 48.7. The molecule has 3 saturated heterocycles. The molecule has 4 rings (SSSR count). The Hall–Kier alpha value is -2.97. The van der Waals surface area contributed by atoms with Crippen LogP contribution in [0.1, 0.15) is 69.9 Å². The van der Waals surface area contributed by atoms with Crippen molar-refractivity contribution < 1.29 is 24.2 Å². The van der Waals surface area contributed by atoms with Crippen molar-refractivity contribution in [2.24, 2.45) is 11.8 Å². The SMILES string of the molecule is C=CCN(CCC)C(=O)[C@H]1[C@H]2C(=O)N(CCCCCCO)C(C(=O)N(CC=C)c3cc(C)ccc3C)C23CC[C@]1(C)O3. The third kappa shape index (κ3) is 5.55. The van der Waals surface area contributed by atoms with E-state index in [4.69, 9.17) is 4.74 Å². The quantitative estimate of drug-likeness (QED) is 0.243. The summed E-state index contributed by atoms with van der Waals surface area (Å²) in [6.45, 7) is 17.5. The Labute approximate surface area is 251 Å². The number of likely N-dealkylation sites (tertiary alicyclic amines) is 1. The molecule has 0 aliphatic carbocycles. The van der Waals surface area contributed by atoms with Crippen molar-refractivity contribution in [3.8, 4) is 0 Å². The molecule has 1 spiro atoms. The first-order valence-corrected chi connectivity index (χ1v) is 15.6. The minimum atomic E-state index is -1.07. The average molecular weight is 580 g/mol. The van der Waals surface area contributed by atoms with E-state index in [2.05, 4.69) is 13.2 Å². The normalized spacial score (nSPS) is 27.7. The van der Waals surface area contributed by atoms with Crippen LogP contribution in [-0.2, 0) is 19.1 Å². The third-order valence-corrected chi connectivity index (χ3v) is 9.47. The van der Waals surface area contributed by atoms with Crippen molar-refractivity contribution in [1.82, 2.24) is 9.80 Å². The first-order chi connectivity index (χ1) is 20.1. The highest BCUT2D eigenvalue weighted by Gasteiger charge is 2.78. The second kappa shape index (κ2) is 13.1. The van der Waals surface area contributed by atoms with Gasteiger partial charge in [-0.3, -0.25) is 14.4 Å². The number of hydrogen-bond donors (Lipinski definition) is 1. The molecule has 3 fully saturated rings. The van der Waals surface area contributed by atoms with E-state index >= 15 is 0 Å². The van der Waals surface area contributed by atoms with Gasteiger partial charge in [0, 0.05) is 38.5 Å². The second-order valence-electron chi connectivity index (χ2n) is 12.5. The van der Waals surface area contributed by atoms with Crippen molar-refractivity contribution in [3.05, 3.63) is 54.6 Å². The highest BCUT2D eigenvalue weighted by Crippen LogP contribution is 2.63. The molecule has 3 aliphatic rings. The van der Waals surface area contributed by atoms with Crippen LogP contribution in [0.4, 0.5) is 5.69 Å². The summed E-state index contributed by atoms with van der Waals surface area (Å²) >= 11 is 0. The number of ether oxygens (including phenoxy) is 1. The van der Waals surface area contributed by atoms with Gasteiger partial charge >= 0.3 is 0 Å². The van der Waals surface area contributed by atoms with Gasteiger partial charge in [-0.15, -0.1) is 13.2 Å². The fourth-order valence-corrected chi connectivity index (χ4v) is 7.58. The van der Waals surface area contributed by atoms with Crippen LogP contribution < -0.4 is 4.90 Å². The summed E-state index contributed by atoms with van der Waals surface area (Å²) in [5.41, 5.74) is 0.893. The number of carbonyl (C=O) groups is 3. The number of aliphatic hydroxyl groups is 1. The van der Waals surface area contributed by atoms with Crippen LogP contribution in [0.2, 0.25) is 0 Å². The van der Waals surface area contributed by atoms with Crippen molar-refractivity contribution >= 4 is 23.4 Å². The summed E-state index contributed by atoms with van der Waals surface area (Å²) in [7, 11) is 0. The van der Waals surface area contributed by atoms with Gasteiger partial charge in [-0.05, 0) is 70.1 Å². The number of aryl methyl sites for hydroxylation is 2. The van der Waals surface area contributed by atoms with Crippen LogP contribution >= 0.6 is 0 Å². The maximum absolute atomic E-state index is 14.8. The van der Waals surface area contributed by atoms with Crippen molar-refractivity contribution in [2.45, 2.75) is 89.9 Å². The number of anilines is 1. The largest absolute Gasteiger partial charge is 0.396 e. The molecule has 1 aromatic carbocycles. The minimum absolute atomic E-state index is 0.0901. The van der Waals surface area contributed by atoms with E-state index in [1.54, 1.807) is 26.9 Å². The lowest BCUT2D eigenvalue weighted by molar-refractivity contribution is -0.149. The number of fused-ring (bicyclic) bond motifs is 1. The first kappa shape index (κ1) is 32.0. The van der Waals surface area contributed by atoms with E-state index in [9.17, 15) is 19.5 Å². The molecule has 1 N–H and O–H groups in total. The smallest absolute Gasteiger partial charge is 0.253 e. The number of unbranched alkanes of at least 4 members (excludes halogenated alkanes) is 3. The zero-order valence-electron chi connectivity index (χ0n) is 25.9. The molecule has 8 nitrogen and oxygen atoms in total. The van der Waals surface area contributed by atoms with Crippen LogP contribution in [-0.4, -0.2) is 82.7 Å². The summed E-state index contributed by atoms with van der Waals surface area (Å²) in [6, 6.07) is 5.18. The summed E-state index contributed by atoms with van der Waals surface area (Å²) in [5.74, 6) is -1.82. The molecule has 3 heterocycles. The lowest BCUT2D eigenvalue weighted by atomic mass is 9.66. The van der Waals surface area contributed by atoms with Crippen LogP contribution in [0.5, 0.6) is 0 Å². The van der Waals surface area contributed by atoms with Gasteiger partial charge in [0.15, 0.2) is 0 Å². The fraction of sp³-hybridized carbons (Fsp3) is 0.618. The lowest BCUT2D eigenvalue weighted by Crippen LogP contribution is -2.56. The van der Waals surface area contributed by atoms with Gasteiger partial charge in [-0.1, -0.05) is 44.1 Å². The molecule has 230 valence electrons. The molecule has 3 amide bonds. The van der Waals surface area contributed by atoms with E-state index in [0.29, 0.717) is 51.9 Å². The van der Waals surface area contributed by atoms with Crippen LogP contribution in [0.15, 0.2) is 43.5 Å². The van der Waals surface area contributed by atoms with Gasteiger partial charge in [0.2, 0.25) is 11.8 Å². The maximum atomic E-state index is 14.8. The molecular weight excluding hydrogens is 530 g/mol. The minimum Gasteiger partial charge on any atom is -0.396 e. The number of aliphatic hydroxyl groups excluding tert-OH is 1. The van der Waals surface area contributed by atoms with Gasteiger partial charge in [-0.25, -0.2) is 0 Å². The van der Waals surface area contributed by atoms with Gasteiger partial charge in [-0.2, -0.15) is 0 Å². The summed E-state index contributed by atoms with van der Waals surface area (Å²) < 4.78 is 6.87. The van der Waals surface area contributed by atoms with E-state index in [-0.39, 0.29) is 24.3 Å². The Morgan fingerprint density at radius 3 is 2.48 bits per heavy atom. The zero-order chi connectivity index (χ0) is 30.7. The predicted molar refractivity (Wildman–Crippen MR) is 165 cm³/mol. The fourth-order valence-electron chi connectivity index (χ4n) is 7.58. The molecule has 2 unspecified atom stereocenters. The molecule has 0 saturated carbocycles. The number of benzene rings is 1. The number of carbonyl (C=O) groups excluding carboxylic acids is 3. The number of hydrogen-bond acceptors (Lipinski definition) is 5. The van der Waals surface area contributed by atoms with Gasteiger partial charge in [0.1, 0.15) is 11.6 Å².